The van der Waals surface area contributed by atoms with Gasteiger partial charge < -0.3 is 15.7 Å². The van der Waals surface area contributed by atoms with Gasteiger partial charge in [0.25, 0.3) is 5.91 Å². The van der Waals surface area contributed by atoms with E-state index in [1.54, 1.807) is 30.4 Å². The Morgan fingerprint density at radius 2 is 2.07 bits per heavy atom. The van der Waals surface area contributed by atoms with Crippen LogP contribution >= 0.6 is 11.6 Å². The zero-order valence-corrected chi connectivity index (χ0v) is 16.0. The van der Waals surface area contributed by atoms with Gasteiger partial charge >= 0.3 is 0 Å². The fraction of sp³-hybridized carbons (Fsp3) is 0.526. The number of imide groups is 1. The molecule has 0 saturated carbocycles. The zero-order valence-electron chi connectivity index (χ0n) is 15.2. The number of nitrogens with zero attached hydrogens (tertiary/aromatic N) is 1. The number of anilines is 1. The van der Waals surface area contributed by atoms with Crippen LogP contribution in [-0.4, -0.2) is 46.4 Å². The molecule has 144 valence electrons. The lowest BCUT2D eigenvalue weighted by atomic mass is 9.76. The number of carbonyl (C=O) groups is 3. The van der Waals surface area contributed by atoms with Crippen molar-refractivity contribution in [3.8, 4) is 0 Å². The highest BCUT2D eigenvalue weighted by atomic mass is 35.5. The van der Waals surface area contributed by atoms with Crippen molar-refractivity contribution in [2.45, 2.75) is 44.4 Å². The summed E-state index contributed by atoms with van der Waals surface area (Å²) in [5, 5.41) is 15.2. The number of quaternary nitrogens is 1. The molecule has 4 rings (SSSR count). The van der Waals surface area contributed by atoms with Gasteiger partial charge in [-0.05, 0) is 25.5 Å². The van der Waals surface area contributed by atoms with Crippen molar-refractivity contribution in [1.82, 2.24) is 4.90 Å². The van der Waals surface area contributed by atoms with Gasteiger partial charge in [-0.3, -0.25) is 19.3 Å². The second kappa shape index (κ2) is 6.29. The van der Waals surface area contributed by atoms with E-state index in [9.17, 15) is 19.5 Å². The maximum atomic E-state index is 13.3. The minimum absolute atomic E-state index is 0.291. The van der Waals surface area contributed by atoms with Crippen molar-refractivity contribution in [3.05, 3.63) is 28.8 Å². The average Bonchev–Trinajstić information content (AvgIpc) is 3.21. The minimum atomic E-state index is -1.28. The number of likely N-dealkylation sites (tertiary alicyclic amines) is 1. The fourth-order valence-electron chi connectivity index (χ4n) is 4.91. The third kappa shape index (κ3) is 2.31. The smallest absolute Gasteiger partial charge is 0.291 e. The first kappa shape index (κ1) is 18.4. The summed E-state index contributed by atoms with van der Waals surface area (Å²) in [6.45, 7) is 3.92. The summed E-state index contributed by atoms with van der Waals surface area (Å²) >= 11 is 6.26. The first-order valence-electron chi connectivity index (χ1n) is 9.34. The molecule has 0 unspecified atom stereocenters. The second-order valence-corrected chi connectivity index (χ2v) is 8.06. The van der Waals surface area contributed by atoms with Crippen LogP contribution in [0.15, 0.2) is 18.2 Å². The Hall–Kier alpha value is -1.96. The van der Waals surface area contributed by atoms with Crippen LogP contribution in [0.25, 0.3) is 0 Å². The normalized spacial score (nSPS) is 32.8. The van der Waals surface area contributed by atoms with Crippen LogP contribution in [0.5, 0.6) is 0 Å². The lowest BCUT2D eigenvalue weighted by Gasteiger charge is -2.27. The molecule has 3 amide bonds. The summed E-state index contributed by atoms with van der Waals surface area (Å²) < 4.78 is 0. The van der Waals surface area contributed by atoms with E-state index in [0.29, 0.717) is 29.2 Å². The number of hydrogen-bond acceptors (Lipinski definition) is 4. The quantitative estimate of drug-likeness (QED) is 0.637. The summed E-state index contributed by atoms with van der Waals surface area (Å²) in [7, 11) is 0. The van der Waals surface area contributed by atoms with Gasteiger partial charge in [0.2, 0.25) is 17.4 Å². The van der Waals surface area contributed by atoms with Gasteiger partial charge in [0.1, 0.15) is 24.0 Å². The Kier molecular flexibility index (Phi) is 4.29. The molecule has 0 bridgehead atoms. The fourth-order valence-corrected chi connectivity index (χ4v) is 5.14. The van der Waals surface area contributed by atoms with E-state index in [4.69, 9.17) is 11.6 Å². The number of halogens is 1. The molecule has 27 heavy (non-hydrogen) atoms. The van der Waals surface area contributed by atoms with Gasteiger partial charge in [-0.1, -0.05) is 31.0 Å². The monoisotopic (exact) mass is 392 g/mol. The standard InChI is InChI=1S/C19H22ClN3O4/c1-3-4-8-23-16(25)12-13(17(23)26)19(22-14(12)9(2)24)10-6-5-7-11(20)15(10)21-18(19)27/h5-7,9,12-14,22,24H,3-4,8H2,1-2H3,(H,21,27)/p+1/t9-,12+,13+,14+,19+/m1/s1. The number of rotatable bonds is 4. The third-order valence-electron chi connectivity index (χ3n) is 6.17. The number of amides is 3. The number of nitrogens with two attached hydrogens (primary N) is 1. The van der Waals surface area contributed by atoms with Crippen molar-refractivity contribution in [1.29, 1.82) is 0 Å². The molecule has 2 saturated heterocycles. The van der Waals surface area contributed by atoms with Crippen LogP contribution in [0, 0.1) is 11.8 Å². The summed E-state index contributed by atoms with van der Waals surface area (Å²) in [5.41, 5.74) is -0.186. The van der Waals surface area contributed by atoms with Gasteiger partial charge in [-0.2, -0.15) is 0 Å². The molecule has 1 spiro atoms. The van der Waals surface area contributed by atoms with E-state index in [2.05, 4.69) is 5.32 Å². The average molecular weight is 393 g/mol. The minimum Gasteiger partial charge on any atom is -0.387 e. The molecule has 1 aromatic rings. The molecule has 7 nitrogen and oxygen atoms in total. The molecule has 3 aliphatic heterocycles. The van der Waals surface area contributed by atoms with Gasteiger partial charge in [0, 0.05) is 12.1 Å². The molecule has 5 atom stereocenters. The molecule has 3 aliphatic rings. The van der Waals surface area contributed by atoms with E-state index in [1.807, 2.05) is 6.92 Å². The Morgan fingerprint density at radius 1 is 1.33 bits per heavy atom. The summed E-state index contributed by atoms with van der Waals surface area (Å²) in [4.78, 5) is 40.7. The predicted molar refractivity (Wildman–Crippen MR) is 97.8 cm³/mol. The van der Waals surface area contributed by atoms with Gasteiger partial charge in [0.05, 0.1) is 10.7 Å². The Labute approximate surface area is 162 Å². The Balaban J connectivity index is 1.87. The SMILES string of the molecule is CCCCN1C(=O)[C@@H]2[C@H]([C@@H](C)O)[NH2+][C@]3(C(=O)Nc4c(Cl)cccc43)[C@@H]2C1=O. The Morgan fingerprint density at radius 3 is 2.74 bits per heavy atom. The number of hydrogen-bond donors (Lipinski definition) is 3. The lowest BCUT2D eigenvalue weighted by Crippen LogP contribution is -3.00. The van der Waals surface area contributed by atoms with E-state index in [1.165, 1.54) is 4.90 Å². The highest BCUT2D eigenvalue weighted by molar-refractivity contribution is 6.35. The first-order valence-corrected chi connectivity index (χ1v) is 9.72. The molecular weight excluding hydrogens is 370 g/mol. The van der Waals surface area contributed by atoms with Gasteiger partial charge in [0.15, 0.2) is 0 Å². The number of unbranched alkanes of at least 4 members (excludes halogenated alkanes) is 1. The first-order chi connectivity index (χ1) is 12.8. The van der Waals surface area contributed by atoms with Crippen molar-refractivity contribution >= 4 is 35.0 Å². The molecule has 0 aromatic heterocycles. The van der Waals surface area contributed by atoms with E-state index in [0.717, 1.165) is 6.42 Å². The maximum Gasteiger partial charge on any atom is 0.291 e. The highest BCUT2D eigenvalue weighted by Gasteiger charge is 2.74. The van der Waals surface area contributed by atoms with Crippen molar-refractivity contribution in [3.63, 3.8) is 0 Å². The number of fused-ring (bicyclic) bond motifs is 4. The zero-order chi connectivity index (χ0) is 19.5. The van der Waals surface area contributed by atoms with Gasteiger partial charge in [-0.15, -0.1) is 0 Å². The largest absolute Gasteiger partial charge is 0.387 e. The van der Waals surface area contributed by atoms with Crippen molar-refractivity contribution in [2.24, 2.45) is 11.8 Å². The lowest BCUT2D eigenvalue weighted by molar-refractivity contribution is -0.738. The summed E-state index contributed by atoms with van der Waals surface area (Å²) in [6, 6.07) is 4.60. The molecule has 2 fully saturated rings. The molecular formula is C19H23ClN3O4+. The van der Waals surface area contributed by atoms with Crippen LogP contribution in [0.1, 0.15) is 32.3 Å². The molecule has 3 heterocycles. The maximum absolute atomic E-state index is 13.3. The van der Waals surface area contributed by atoms with E-state index in [-0.39, 0.29) is 17.7 Å². The predicted octanol–water partition coefficient (Wildman–Crippen LogP) is 0.215. The molecule has 0 aliphatic carbocycles. The summed E-state index contributed by atoms with van der Waals surface area (Å²) in [6.07, 6.45) is 0.708. The van der Waals surface area contributed by atoms with Crippen LogP contribution in [0.3, 0.4) is 0 Å². The van der Waals surface area contributed by atoms with Crippen molar-refractivity contribution < 1.29 is 24.8 Å². The second-order valence-electron chi connectivity index (χ2n) is 7.66. The number of aliphatic hydroxyl groups excluding tert-OH is 1. The molecule has 4 N–H and O–H groups in total. The Bertz CT molecular complexity index is 842. The number of benzene rings is 1. The molecule has 8 heteroatoms. The van der Waals surface area contributed by atoms with Crippen LogP contribution in [0.2, 0.25) is 5.02 Å². The van der Waals surface area contributed by atoms with Crippen LogP contribution in [0.4, 0.5) is 5.69 Å². The third-order valence-corrected chi connectivity index (χ3v) is 6.48. The van der Waals surface area contributed by atoms with E-state index >= 15 is 0 Å². The number of para-hydroxylation sites is 1. The number of nitrogens with one attached hydrogen (secondary N) is 1. The topological polar surface area (TPSA) is 103 Å². The highest BCUT2D eigenvalue weighted by Crippen LogP contribution is 2.50. The van der Waals surface area contributed by atoms with E-state index < -0.39 is 29.5 Å². The molecule has 0 radical (unpaired) electrons. The van der Waals surface area contributed by atoms with Crippen LogP contribution in [-0.2, 0) is 19.9 Å². The van der Waals surface area contributed by atoms with Crippen molar-refractivity contribution in [2.75, 3.05) is 11.9 Å². The van der Waals surface area contributed by atoms with Crippen LogP contribution < -0.4 is 10.6 Å². The van der Waals surface area contributed by atoms with Gasteiger partial charge in [-0.25, -0.2) is 0 Å². The molecule has 1 aromatic carbocycles. The number of aliphatic hydroxyl groups is 1. The summed E-state index contributed by atoms with van der Waals surface area (Å²) in [5.74, 6) is -2.56. The number of carbonyl (C=O) groups excluding carboxylic acids is 3.